The van der Waals surface area contributed by atoms with E-state index in [0.29, 0.717) is 6.04 Å². The fourth-order valence-electron chi connectivity index (χ4n) is 3.69. The summed E-state index contributed by atoms with van der Waals surface area (Å²) in [6, 6.07) is 15.5. The summed E-state index contributed by atoms with van der Waals surface area (Å²) in [6.07, 6.45) is 3.35. The normalized spacial score (nSPS) is 20.2. The summed E-state index contributed by atoms with van der Waals surface area (Å²) in [5.41, 5.74) is 1.27. The molecule has 1 unspecified atom stereocenters. The van der Waals surface area contributed by atoms with Crippen LogP contribution < -0.4 is 4.90 Å². The van der Waals surface area contributed by atoms with Crippen LogP contribution in [0.25, 0.3) is 0 Å². The predicted molar refractivity (Wildman–Crippen MR) is 103 cm³/mol. The Labute approximate surface area is 157 Å². The van der Waals surface area contributed by atoms with Gasteiger partial charge in [0.1, 0.15) is 11.9 Å². The van der Waals surface area contributed by atoms with Gasteiger partial charge in [0.2, 0.25) is 4.77 Å². The maximum atomic E-state index is 5.66. The Morgan fingerprint density at radius 1 is 1.24 bits per heavy atom. The van der Waals surface area contributed by atoms with E-state index in [0.717, 1.165) is 23.7 Å². The second-order valence-electron chi connectivity index (χ2n) is 6.70. The molecule has 1 aromatic carbocycles. The van der Waals surface area contributed by atoms with Crippen LogP contribution in [-0.2, 0) is 20.1 Å². The van der Waals surface area contributed by atoms with Crippen molar-refractivity contribution < 1.29 is 4.90 Å². The quantitative estimate of drug-likeness (QED) is 0.698. The first-order valence-electron chi connectivity index (χ1n) is 8.77. The molecule has 1 N–H and O–H groups in total. The molecule has 2 atom stereocenters. The predicted octanol–water partition coefficient (Wildman–Crippen LogP) is 2.98. The van der Waals surface area contributed by atoms with Crippen LogP contribution in [0.15, 0.2) is 47.8 Å². The number of benzene rings is 1. The second-order valence-corrected chi connectivity index (χ2v) is 8.04. The van der Waals surface area contributed by atoms with Gasteiger partial charge in [0.25, 0.3) is 0 Å². The summed E-state index contributed by atoms with van der Waals surface area (Å²) in [5, 5.41) is 7.02. The highest BCUT2D eigenvalue weighted by atomic mass is 32.1. The zero-order valence-corrected chi connectivity index (χ0v) is 16.0. The van der Waals surface area contributed by atoms with Crippen LogP contribution in [0, 0.1) is 4.77 Å². The number of nitrogens with zero attached hydrogens (tertiary/aromatic N) is 3. The molecule has 0 radical (unpaired) electrons. The number of thiophene rings is 1. The lowest BCUT2D eigenvalue weighted by atomic mass is 10.1. The van der Waals surface area contributed by atoms with Crippen molar-refractivity contribution in [1.82, 2.24) is 14.3 Å². The van der Waals surface area contributed by atoms with Gasteiger partial charge in [-0.3, -0.25) is 0 Å². The minimum atomic E-state index is 0.585. The zero-order chi connectivity index (χ0) is 17.2. The third-order valence-corrected chi connectivity index (χ3v) is 6.53. The fraction of sp³-hybridized carbons (Fsp3) is 0.368. The van der Waals surface area contributed by atoms with E-state index in [9.17, 15) is 0 Å². The lowest BCUT2D eigenvalue weighted by molar-refractivity contribution is -0.941. The summed E-state index contributed by atoms with van der Waals surface area (Å²) < 4.78 is 4.89. The Bertz CT molecular complexity index is 880. The Kier molecular flexibility index (Phi) is 4.83. The first-order chi connectivity index (χ1) is 12.2. The molecule has 1 fully saturated rings. The number of rotatable bonds is 5. The molecule has 1 aliphatic heterocycles. The molecule has 3 heterocycles. The molecular weight excluding hydrogens is 348 g/mol. The van der Waals surface area contributed by atoms with E-state index >= 15 is 0 Å². The molecule has 0 bridgehead atoms. The average Bonchev–Trinajstić information content (AvgIpc) is 3.35. The summed E-state index contributed by atoms with van der Waals surface area (Å²) in [6.45, 7) is 2.04. The molecule has 0 saturated carbocycles. The van der Waals surface area contributed by atoms with Crippen LogP contribution in [0.2, 0.25) is 0 Å². The highest BCUT2D eigenvalue weighted by Gasteiger charge is 2.31. The van der Waals surface area contributed by atoms with Crippen LogP contribution in [0.5, 0.6) is 0 Å². The Balaban J connectivity index is 1.55. The number of hydrogen-bond donors (Lipinski definition) is 1. The monoisotopic (exact) mass is 371 g/mol. The molecule has 25 heavy (non-hydrogen) atoms. The molecular formula is C19H23N4S2+. The molecule has 1 saturated heterocycles. The number of quaternary nitrogens is 1. The largest absolute Gasteiger partial charge is 0.309 e. The van der Waals surface area contributed by atoms with Gasteiger partial charge in [-0.2, -0.15) is 9.78 Å². The zero-order valence-electron chi connectivity index (χ0n) is 14.4. The van der Waals surface area contributed by atoms with Gasteiger partial charge >= 0.3 is 0 Å². The van der Waals surface area contributed by atoms with Gasteiger partial charge in [-0.15, -0.1) is 11.3 Å². The van der Waals surface area contributed by atoms with Crippen LogP contribution in [0.1, 0.15) is 35.1 Å². The number of nitrogens with one attached hydrogen (secondary N) is 1. The van der Waals surface area contributed by atoms with Crippen molar-refractivity contribution in [2.24, 2.45) is 7.05 Å². The smallest absolute Gasteiger partial charge is 0.202 e. The van der Waals surface area contributed by atoms with Crippen LogP contribution in [-0.4, -0.2) is 20.9 Å². The molecule has 4 nitrogen and oxygen atoms in total. The fourth-order valence-corrected chi connectivity index (χ4v) is 4.83. The second kappa shape index (κ2) is 7.23. The van der Waals surface area contributed by atoms with Crippen molar-refractivity contribution in [3.05, 3.63) is 68.9 Å². The van der Waals surface area contributed by atoms with E-state index < -0.39 is 0 Å². The van der Waals surface area contributed by atoms with E-state index in [4.69, 9.17) is 17.3 Å². The summed E-state index contributed by atoms with van der Waals surface area (Å²) >= 11 is 7.52. The molecule has 130 valence electrons. The molecule has 6 heteroatoms. The van der Waals surface area contributed by atoms with Crippen molar-refractivity contribution in [2.45, 2.75) is 32.0 Å². The van der Waals surface area contributed by atoms with Gasteiger partial charge in [-0.05, 0) is 29.2 Å². The maximum absolute atomic E-state index is 5.66. The Morgan fingerprint density at radius 2 is 2.08 bits per heavy atom. The van der Waals surface area contributed by atoms with E-state index in [1.54, 1.807) is 4.90 Å². The van der Waals surface area contributed by atoms with Crippen molar-refractivity contribution in [1.29, 1.82) is 0 Å². The molecule has 0 aliphatic carbocycles. The maximum Gasteiger partial charge on any atom is 0.202 e. The highest BCUT2D eigenvalue weighted by Crippen LogP contribution is 2.23. The van der Waals surface area contributed by atoms with Gasteiger partial charge in [0.05, 0.1) is 11.4 Å². The Morgan fingerprint density at radius 3 is 2.84 bits per heavy atom. The molecule has 0 amide bonds. The lowest BCUT2D eigenvalue weighted by Gasteiger charge is -2.20. The minimum absolute atomic E-state index is 0.585. The summed E-state index contributed by atoms with van der Waals surface area (Å²) in [4.78, 5) is 3.06. The van der Waals surface area contributed by atoms with Crippen molar-refractivity contribution in [3.63, 3.8) is 0 Å². The van der Waals surface area contributed by atoms with Crippen LogP contribution in [0.4, 0.5) is 0 Å². The minimum Gasteiger partial charge on any atom is -0.309 e. The standard InChI is InChI=1S/C19H22N4S2/c1-21-18(13-15-7-3-2-4-8-15)20-23(19(21)24)14-22-11-5-9-16(22)17-10-6-12-25-17/h2-4,6-8,10,12,16H,5,9,11,13-14H2,1H3/p+1/t16-/m1/s1. The number of likely N-dealkylation sites (tertiary alicyclic amines) is 1. The highest BCUT2D eigenvalue weighted by molar-refractivity contribution is 7.71. The molecule has 2 aromatic heterocycles. The van der Waals surface area contributed by atoms with Gasteiger partial charge in [0.15, 0.2) is 6.67 Å². The summed E-state index contributed by atoms with van der Waals surface area (Å²) in [5.74, 6) is 1.03. The van der Waals surface area contributed by atoms with E-state index in [1.165, 1.54) is 29.8 Å². The van der Waals surface area contributed by atoms with Crippen molar-refractivity contribution in [2.75, 3.05) is 6.54 Å². The van der Waals surface area contributed by atoms with Gasteiger partial charge in [-0.1, -0.05) is 36.4 Å². The van der Waals surface area contributed by atoms with Crippen LogP contribution in [0.3, 0.4) is 0 Å². The number of hydrogen-bond acceptors (Lipinski definition) is 3. The first kappa shape index (κ1) is 16.7. The SMILES string of the molecule is Cn1c(Cc2ccccc2)nn(C[NH+]2CCC[C@@H]2c2cccs2)c1=S. The van der Waals surface area contributed by atoms with Crippen LogP contribution >= 0.6 is 23.6 Å². The van der Waals surface area contributed by atoms with E-state index in [-0.39, 0.29) is 0 Å². The molecule has 0 spiro atoms. The third-order valence-electron chi connectivity index (χ3n) is 5.06. The van der Waals surface area contributed by atoms with Gasteiger partial charge < -0.3 is 9.47 Å². The lowest BCUT2D eigenvalue weighted by Crippen LogP contribution is -3.09. The first-order valence-corrected chi connectivity index (χ1v) is 10.1. The van der Waals surface area contributed by atoms with Gasteiger partial charge in [-0.25, -0.2) is 0 Å². The summed E-state index contributed by atoms with van der Waals surface area (Å²) in [7, 11) is 2.03. The topological polar surface area (TPSA) is 27.2 Å². The van der Waals surface area contributed by atoms with E-state index in [2.05, 4.69) is 46.3 Å². The number of aromatic nitrogens is 3. The average molecular weight is 372 g/mol. The van der Waals surface area contributed by atoms with Crippen molar-refractivity contribution in [3.8, 4) is 0 Å². The third kappa shape index (κ3) is 3.47. The Hall–Kier alpha value is -1.76. The van der Waals surface area contributed by atoms with Crippen molar-refractivity contribution >= 4 is 23.6 Å². The van der Waals surface area contributed by atoms with E-state index in [1.807, 2.05) is 29.1 Å². The molecule has 1 aliphatic rings. The molecule has 4 rings (SSSR count). The van der Waals surface area contributed by atoms with Gasteiger partial charge in [0, 0.05) is 26.3 Å². The molecule has 3 aromatic rings.